The highest BCUT2D eigenvalue weighted by molar-refractivity contribution is 7.99. The van der Waals surface area contributed by atoms with Gasteiger partial charge < -0.3 is 9.88 Å². The first-order valence-corrected chi connectivity index (χ1v) is 9.24. The van der Waals surface area contributed by atoms with Gasteiger partial charge in [-0.2, -0.15) is 11.8 Å². The number of para-hydroxylation sites is 2. The number of thioether (sulfide) groups is 1. The van der Waals surface area contributed by atoms with Gasteiger partial charge >= 0.3 is 0 Å². The molecule has 0 spiro atoms. The molecular weight excluding hydrogens is 318 g/mol. The minimum Gasteiger partial charge on any atom is -0.351 e. The smallest absolute Gasteiger partial charge is 0.233 e. The molecule has 0 bridgehead atoms. The SMILES string of the molecule is CSC(C)C(=O)NCc1ccc(Cn2cnc3ccccc32)cc1. The molecule has 0 aliphatic carbocycles. The Morgan fingerprint density at radius 3 is 2.62 bits per heavy atom. The number of carbonyl (C=O) groups is 1. The highest BCUT2D eigenvalue weighted by Gasteiger charge is 2.10. The van der Waals surface area contributed by atoms with Crippen molar-refractivity contribution in [3.8, 4) is 0 Å². The lowest BCUT2D eigenvalue weighted by Crippen LogP contribution is -2.30. The van der Waals surface area contributed by atoms with E-state index in [4.69, 9.17) is 0 Å². The predicted octanol–water partition coefficient (Wildman–Crippen LogP) is 3.45. The van der Waals surface area contributed by atoms with Crippen LogP contribution in [-0.4, -0.2) is 27.0 Å². The van der Waals surface area contributed by atoms with E-state index < -0.39 is 0 Å². The molecule has 24 heavy (non-hydrogen) atoms. The van der Waals surface area contributed by atoms with Gasteiger partial charge in [0.25, 0.3) is 0 Å². The monoisotopic (exact) mass is 339 g/mol. The summed E-state index contributed by atoms with van der Waals surface area (Å²) in [5.74, 6) is 0.0801. The van der Waals surface area contributed by atoms with Gasteiger partial charge in [0.15, 0.2) is 0 Å². The molecule has 0 saturated heterocycles. The number of hydrogen-bond donors (Lipinski definition) is 1. The molecule has 1 unspecified atom stereocenters. The summed E-state index contributed by atoms with van der Waals surface area (Å²) in [5, 5.41) is 2.95. The maximum atomic E-state index is 11.8. The van der Waals surface area contributed by atoms with Gasteiger partial charge in [-0.1, -0.05) is 36.4 Å². The molecule has 1 amide bonds. The van der Waals surface area contributed by atoms with Crippen LogP contribution < -0.4 is 5.32 Å². The maximum absolute atomic E-state index is 11.8. The van der Waals surface area contributed by atoms with Crippen molar-refractivity contribution >= 4 is 28.7 Å². The number of benzene rings is 2. The van der Waals surface area contributed by atoms with E-state index >= 15 is 0 Å². The first-order valence-electron chi connectivity index (χ1n) is 7.95. The average molecular weight is 339 g/mol. The van der Waals surface area contributed by atoms with Crippen molar-refractivity contribution in [2.75, 3.05) is 6.26 Å². The molecule has 2 aromatic carbocycles. The summed E-state index contributed by atoms with van der Waals surface area (Å²) in [6.45, 7) is 3.27. The molecule has 1 aromatic heterocycles. The molecule has 0 aliphatic heterocycles. The van der Waals surface area contributed by atoms with Crippen LogP contribution in [0.2, 0.25) is 0 Å². The third kappa shape index (κ3) is 3.79. The zero-order chi connectivity index (χ0) is 16.9. The molecule has 124 valence electrons. The number of fused-ring (bicyclic) bond motifs is 1. The second-order valence-electron chi connectivity index (χ2n) is 5.77. The van der Waals surface area contributed by atoms with Crippen LogP contribution in [-0.2, 0) is 17.9 Å². The Balaban J connectivity index is 1.63. The van der Waals surface area contributed by atoms with E-state index in [1.165, 1.54) is 5.56 Å². The predicted molar refractivity (Wildman–Crippen MR) is 100 cm³/mol. The second kappa shape index (κ2) is 7.53. The van der Waals surface area contributed by atoms with Crippen LogP contribution >= 0.6 is 11.8 Å². The van der Waals surface area contributed by atoms with E-state index in [0.717, 1.165) is 23.1 Å². The van der Waals surface area contributed by atoms with Crippen LogP contribution in [0.25, 0.3) is 11.0 Å². The Bertz CT molecular complexity index is 826. The Kier molecular flexibility index (Phi) is 5.20. The second-order valence-corrected chi connectivity index (χ2v) is 6.95. The van der Waals surface area contributed by atoms with Crippen molar-refractivity contribution in [3.63, 3.8) is 0 Å². The van der Waals surface area contributed by atoms with Crippen molar-refractivity contribution < 1.29 is 4.79 Å². The molecule has 5 heteroatoms. The normalized spacial score (nSPS) is 12.2. The van der Waals surface area contributed by atoms with Gasteiger partial charge in [-0.15, -0.1) is 0 Å². The van der Waals surface area contributed by atoms with Crippen molar-refractivity contribution in [2.45, 2.75) is 25.3 Å². The highest BCUT2D eigenvalue weighted by Crippen LogP contribution is 2.14. The van der Waals surface area contributed by atoms with Crippen LogP contribution in [0.1, 0.15) is 18.1 Å². The van der Waals surface area contributed by atoms with Gasteiger partial charge in [-0.25, -0.2) is 4.98 Å². The summed E-state index contributed by atoms with van der Waals surface area (Å²) in [6, 6.07) is 16.5. The van der Waals surface area contributed by atoms with Crippen molar-refractivity contribution in [3.05, 3.63) is 66.0 Å². The zero-order valence-electron chi connectivity index (χ0n) is 13.9. The highest BCUT2D eigenvalue weighted by atomic mass is 32.2. The van der Waals surface area contributed by atoms with Crippen LogP contribution in [0.3, 0.4) is 0 Å². The van der Waals surface area contributed by atoms with Crippen LogP contribution in [0.5, 0.6) is 0 Å². The molecule has 0 fully saturated rings. The fourth-order valence-corrected chi connectivity index (χ4v) is 2.83. The Hall–Kier alpha value is -2.27. The van der Waals surface area contributed by atoms with E-state index in [1.807, 2.05) is 37.7 Å². The summed E-state index contributed by atoms with van der Waals surface area (Å²) < 4.78 is 2.15. The molecule has 0 radical (unpaired) electrons. The van der Waals surface area contributed by atoms with E-state index in [0.29, 0.717) is 6.54 Å². The minimum absolute atomic E-state index is 0.0150. The standard InChI is InChI=1S/C19H21N3OS/c1-14(24-2)19(23)20-11-15-7-9-16(10-8-15)12-22-13-21-17-5-3-4-6-18(17)22/h3-10,13-14H,11-12H2,1-2H3,(H,20,23). The zero-order valence-corrected chi connectivity index (χ0v) is 14.7. The number of carbonyl (C=O) groups excluding carboxylic acids is 1. The van der Waals surface area contributed by atoms with Crippen molar-refractivity contribution in [1.82, 2.24) is 14.9 Å². The molecule has 3 rings (SSSR count). The summed E-state index contributed by atoms with van der Waals surface area (Å²) in [6.07, 6.45) is 3.82. The van der Waals surface area contributed by atoms with Crippen molar-refractivity contribution in [2.24, 2.45) is 0 Å². The summed E-state index contributed by atoms with van der Waals surface area (Å²) in [4.78, 5) is 16.2. The summed E-state index contributed by atoms with van der Waals surface area (Å²) in [5.41, 5.74) is 4.47. The van der Waals surface area contributed by atoms with E-state index in [-0.39, 0.29) is 11.2 Å². The van der Waals surface area contributed by atoms with E-state index in [1.54, 1.807) is 11.8 Å². The fourth-order valence-electron chi connectivity index (χ4n) is 2.54. The first kappa shape index (κ1) is 16.6. The molecular formula is C19H21N3OS. The number of aromatic nitrogens is 2. The number of hydrogen-bond acceptors (Lipinski definition) is 3. The fraction of sp³-hybridized carbons (Fsp3) is 0.263. The third-order valence-corrected chi connectivity index (χ3v) is 5.01. The Morgan fingerprint density at radius 1 is 1.17 bits per heavy atom. The summed E-state index contributed by atoms with van der Waals surface area (Å²) in [7, 11) is 0. The van der Waals surface area contributed by atoms with Crippen LogP contribution in [0.4, 0.5) is 0 Å². The molecule has 1 atom stereocenters. The number of imidazole rings is 1. The molecule has 0 aliphatic rings. The quantitative estimate of drug-likeness (QED) is 0.748. The van der Waals surface area contributed by atoms with Crippen LogP contribution in [0, 0.1) is 0 Å². The molecule has 1 heterocycles. The van der Waals surface area contributed by atoms with Crippen LogP contribution in [0.15, 0.2) is 54.9 Å². The first-order chi connectivity index (χ1) is 11.7. The lowest BCUT2D eigenvalue weighted by molar-refractivity contribution is -0.120. The minimum atomic E-state index is -0.0150. The number of nitrogens with zero attached hydrogens (tertiary/aromatic N) is 2. The Morgan fingerprint density at radius 2 is 1.88 bits per heavy atom. The number of nitrogens with one attached hydrogen (secondary N) is 1. The molecule has 4 nitrogen and oxygen atoms in total. The maximum Gasteiger partial charge on any atom is 0.233 e. The number of amides is 1. The van der Waals surface area contributed by atoms with E-state index in [9.17, 15) is 4.79 Å². The third-order valence-electron chi connectivity index (χ3n) is 4.09. The summed E-state index contributed by atoms with van der Waals surface area (Å²) >= 11 is 1.55. The van der Waals surface area contributed by atoms with Gasteiger partial charge in [-0.05, 0) is 36.4 Å². The van der Waals surface area contributed by atoms with E-state index in [2.05, 4.69) is 45.2 Å². The average Bonchev–Trinajstić information content (AvgIpc) is 3.03. The largest absolute Gasteiger partial charge is 0.351 e. The topological polar surface area (TPSA) is 46.9 Å². The van der Waals surface area contributed by atoms with Gasteiger partial charge in [0.05, 0.1) is 22.6 Å². The van der Waals surface area contributed by atoms with Gasteiger partial charge in [0.1, 0.15) is 0 Å². The van der Waals surface area contributed by atoms with Gasteiger partial charge in [0, 0.05) is 13.1 Å². The molecule has 0 saturated carbocycles. The number of rotatable bonds is 6. The Labute approximate surface area is 146 Å². The lowest BCUT2D eigenvalue weighted by atomic mass is 10.1. The molecule has 3 aromatic rings. The van der Waals surface area contributed by atoms with Crippen molar-refractivity contribution in [1.29, 1.82) is 0 Å². The van der Waals surface area contributed by atoms with Gasteiger partial charge in [-0.3, -0.25) is 4.79 Å². The van der Waals surface area contributed by atoms with Gasteiger partial charge in [0.2, 0.25) is 5.91 Å². The molecule has 1 N–H and O–H groups in total. The lowest BCUT2D eigenvalue weighted by Gasteiger charge is -2.10.